The maximum absolute atomic E-state index is 14.4. The molecule has 1 heterocycles. The summed E-state index contributed by atoms with van der Waals surface area (Å²) in [6.45, 7) is 9.23. The quantitative estimate of drug-likeness (QED) is 0.465. The van der Waals surface area contributed by atoms with E-state index in [9.17, 15) is 8.78 Å². The van der Waals surface area contributed by atoms with Crippen LogP contribution in [0.5, 0.6) is 5.75 Å². The molecule has 0 spiro atoms. The van der Waals surface area contributed by atoms with E-state index < -0.39 is 11.6 Å². The van der Waals surface area contributed by atoms with Gasteiger partial charge in [-0.1, -0.05) is 6.07 Å². The van der Waals surface area contributed by atoms with Gasteiger partial charge in [0, 0.05) is 43.2 Å². The van der Waals surface area contributed by atoms with Crippen molar-refractivity contribution in [3.8, 4) is 11.8 Å². The Labute approximate surface area is 223 Å². The van der Waals surface area contributed by atoms with Crippen LogP contribution in [0, 0.1) is 28.9 Å². The Kier molecular flexibility index (Phi) is 11.9. The number of ether oxygens (including phenoxy) is 3. The average molecular weight is 534 g/mol. The van der Waals surface area contributed by atoms with Gasteiger partial charge in [0.1, 0.15) is 11.9 Å². The topological polar surface area (TPSA) is 95.3 Å². The molecule has 0 radical (unpaired) electrons. The van der Waals surface area contributed by atoms with E-state index in [1.165, 1.54) is 25.3 Å². The van der Waals surface area contributed by atoms with Crippen molar-refractivity contribution in [2.45, 2.75) is 45.6 Å². The fourth-order valence-corrected chi connectivity index (χ4v) is 3.90. The summed E-state index contributed by atoms with van der Waals surface area (Å²) < 4.78 is 45.6. The van der Waals surface area contributed by atoms with E-state index in [0.717, 1.165) is 6.54 Å². The fourth-order valence-electron chi connectivity index (χ4n) is 3.90. The molecule has 2 aromatic rings. The van der Waals surface area contributed by atoms with E-state index in [0.29, 0.717) is 49.9 Å². The van der Waals surface area contributed by atoms with Crippen LogP contribution in [0.4, 0.5) is 14.5 Å². The minimum Gasteiger partial charge on any atom is -0.494 e. The third-order valence-electron chi connectivity index (χ3n) is 6.38. The number of methoxy groups -OCH3 is 1. The second-order valence-electron chi connectivity index (χ2n) is 10.1. The maximum atomic E-state index is 14.4. The minimum absolute atomic E-state index is 0.0191. The first kappa shape index (κ1) is 31.0. The number of carboxylic acid groups (broad SMARTS) is 1. The van der Waals surface area contributed by atoms with Gasteiger partial charge in [-0.05, 0) is 63.7 Å². The summed E-state index contributed by atoms with van der Waals surface area (Å²) in [6, 6.07) is 11.1. The number of rotatable bonds is 9. The molecule has 0 unspecified atom stereocenters. The van der Waals surface area contributed by atoms with E-state index >= 15 is 0 Å². The second kappa shape index (κ2) is 14.6. The third-order valence-corrected chi connectivity index (χ3v) is 6.38. The summed E-state index contributed by atoms with van der Waals surface area (Å²) in [6.07, 6.45) is 0.187. The molecule has 10 heteroatoms. The average Bonchev–Trinajstić information content (AvgIpc) is 2.87. The first-order valence-corrected chi connectivity index (χ1v) is 12.3. The molecule has 38 heavy (non-hydrogen) atoms. The van der Waals surface area contributed by atoms with Gasteiger partial charge >= 0.3 is 0 Å². The van der Waals surface area contributed by atoms with Crippen LogP contribution in [0.1, 0.15) is 38.3 Å². The number of halogens is 2. The van der Waals surface area contributed by atoms with Crippen LogP contribution in [0.3, 0.4) is 0 Å². The molecule has 1 N–H and O–H groups in total. The summed E-state index contributed by atoms with van der Waals surface area (Å²) >= 11 is 0. The Morgan fingerprint density at radius 1 is 1.16 bits per heavy atom. The van der Waals surface area contributed by atoms with Crippen LogP contribution < -0.4 is 9.64 Å². The van der Waals surface area contributed by atoms with Gasteiger partial charge in [0.25, 0.3) is 6.47 Å². The molecule has 208 valence electrons. The molecule has 1 aliphatic heterocycles. The van der Waals surface area contributed by atoms with Gasteiger partial charge in [0.2, 0.25) is 0 Å². The smallest absolute Gasteiger partial charge is 0.290 e. The predicted molar refractivity (Wildman–Crippen MR) is 140 cm³/mol. The number of benzene rings is 2. The molecule has 8 nitrogen and oxygen atoms in total. The van der Waals surface area contributed by atoms with Crippen molar-refractivity contribution in [1.29, 1.82) is 5.26 Å². The summed E-state index contributed by atoms with van der Waals surface area (Å²) in [5.74, 6) is -0.588. The van der Waals surface area contributed by atoms with E-state index in [-0.39, 0.29) is 29.6 Å². The van der Waals surface area contributed by atoms with E-state index in [2.05, 4.69) is 32.7 Å². The zero-order valence-electron chi connectivity index (χ0n) is 22.6. The highest BCUT2D eigenvalue weighted by molar-refractivity contribution is 5.51. The molecule has 1 fully saturated rings. The van der Waals surface area contributed by atoms with Crippen molar-refractivity contribution < 1.29 is 32.9 Å². The lowest BCUT2D eigenvalue weighted by atomic mass is 10.0. The van der Waals surface area contributed by atoms with Crippen molar-refractivity contribution in [3.05, 3.63) is 59.2 Å². The molecule has 1 saturated heterocycles. The molecule has 0 aliphatic carbocycles. The van der Waals surface area contributed by atoms with Crippen LogP contribution in [0.15, 0.2) is 36.4 Å². The van der Waals surface area contributed by atoms with Gasteiger partial charge < -0.3 is 29.1 Å². The lowest BCUT2D eigenvalue weighted by Crippen LogP contribution is -2.45. The molecule has 0 atom stereocenters. The molecule has 2 aromatic carbocycles. The van der Waals surface area contributed by atoms with Crippen LogP contribution in [-0.4, -0.2) is 68.8 Å². The predicted octanol–water partition coefficient (Wildman–Crippen LogP) is 4.66. The zero-order valence-corrected chi connectivity index (χ0v) is 22.6. The van der Waals surface area contributed by atoms with Crippen LogP contribution in [0.25, 0.3) is 0 Å². The van der Waals surface area contributed by atoms with Gasteiger partial charge in [-0.25, -0.2) is 8.78 Å². The SMILES string of the molecule is COc1ccc(CN(CCC2OCC(CN(C)C(C)(C)C)CO2)c2ccc(C#N)c(F)c2)cc1F.O=CO. The van der Waals surface area contributed by atoms with Crippen LogP contribution >= 0.6 is 0 Å². The molecule has 0 saturated carbocycles. The van der Waals surface area contributed by atoms with E-state index in [4.69, 9.17) is 29.4 Å². The number of nitrogens with zero attached hydrogens (tertiary/aromatic N) is 3. The molecular weight excluding hydrogens is 496 g/mol. The highest BCUT2D eigenvalue weighted by atomic mass is 19.1. The van der Waals surface area contributed by atoms with Crippen LogP contribution in [0.2, 0.25) is 0 Å². The van der Waals surface area contributed by atoms with Crippen molar-refractivity contribution in [1.82, 2.24) is 4.90 Å². The summed E-state index contributed by atoms with van der Waals surface area (Å²) in [7, 11) is 3.52. The van der Waals surface area contributed by atoms with Crippen molar-refractivity contribution in [2.75, 3.05) is 45.4 Å². The molecule has 1 aliphatic rings. The highest BCUT2D eigenvalue weighted by Crippen LogP contribution is 2.25. The maximum Gasteiger partial charge on any atom is 0.290 e. The van der Waals surface area contributed by atoms with Crippen molar-refractivity contribution in [3.63, 3.8) is 0 Å². The van der Waals surface area contributed by atoms with Crippen molar-refractivity contribution in [2.24, 2.45) is 5.92 Å². The Hall–Kier alpha value is -3.26. The normalized spacial score (nSPS) is 17.2. The molecule has 3 rings (SSSR count). The number of anilines is 1. The highest BCUT2D eigenvalue weighted by Gasteiger charge is 2.27. The second-order valence-corrected chi connectivity index (χ2v) is 10.1. The number of carbonyl (C=O) groups is 1. The summed E-state index contributed by atoms with van der Waals surface area (Å²) in [5, 5.41) is 16.0. The molecular formula is C28H37F2N3O5. The number of nitriles is 1. The standard InChI is InChI=1S/C27H35F2N3O3.CH2O2/c1-27(2,3)31(4)15-20-17-34-26(35-18-20)10-11-32(22-8-7-21(14-30)23(28)13-22)16-19-6-9-25(33-5)24(29)12-19;2-1-3/h6-9,12-13,20,26H,10-11,15-18H2,1-5H3;1H,(H,2,3). The molecule has 0 aromatic heterocycles. The van der Waals surface area contributed by atoms with Crippen molar-refractivity contribution >= 4 is 12.2 Å². The fraction of sp³-hybridized carbons (Fsp3) is 0.500. The monoisotopic (exact) mass is 533 g/mol. The van der Waals surface area contributed by atoms with Crippen LogP contribution in [-0.2, 0) is 20.8 Å². The Balaban J connectivity index is 0.00000161. The van der Waals surface area contributed by atoms with E-state index in [1.54, 1.807) is 18.2 Å². The summed E-state index contributed by atoms with van der Waals surface area (Å²) in [4.78, 5) is 12.6. The van der Waals surface area contributed by atoms with Gasteiger partial charge in [-0.3, -0.25) is 4.79 Å². The molecule has 0 bridgehead atoms. The number of hydrogen-bond acceptors (Lipinski definition) is 7. The Bertz CT molecular complexity index is 1080. The molecule has 0 amide bonds. The third kappa shape index (κ3) is 9.24. The minimum atomic E-state index is -0.591. The zero-order chi connectivity index (χ0) is 28.3. The lowest BCUT2D eigenvalue weighted by Gasteiger charge is -2.37. The van der Waals surface area contributed by atoms with Gasteiger partial charge in [0.05, 0.1) is 25.9 Å². The lowest BCUT2D eigenvalue weighted by molar-refractivity contribution is -0.204. The largest absolute Gasteiger partial charge is 0.494 e. The van der Waals surface area contributed by atoms with Gasteiger partial charge in [0.15, 0.2) is 17.9 Å². The summed E-state index contributed by atoms with van der Waals surface area (Å²) in [5.41, 5.74) is 1.37. The first-order chi connectivity index (χ1) is 18.0. The Morgan fingerprint density at radius 2 is 1.82 bits per heavy atom. The van der Waals surface area contributed by atoms with Gasteiger partial charge in [-0.2, -0.15) is 5.26 Å². The Morgan fingerprint density at radius 3 is 2.34 bits per heavy atom. The number of hydrogen-bond donors (Lipinski definition) is 1. The van der Waals surface area contributed by atoms with Gasteiger partial charge in [-0.15, -0.1) is 0 Å². The van der Waals surface area contributed by atoms with E-state index in [1.807, 2.05) is 11.0 Å². The first-order valence-electron chi connectivity index (χ1n) is 12.3.